The Balaban J connectivity index is 2.87. The molecule has 0 aliphatic rings. The molecule has 0 aromatic rings. The van der Waals surface area contributed by atoms with E-state index in [0.29, 0.717) is 0 Å². The van der Waals surface area contributed by atoms with Crippen LogP contribution in [0.3, 0.4) is 0 Å². The molecule has 13 heavy (non-hydrogen) atoms. The van der Waals surface area contributed by atoms with E-state index in [1.807, 2.05) is 0 Å². The zero-order valence-electron chi connectivity index (χ0n) is 8.55. The van der Waals surface area contributed by atoms with Gasteiger partial charge in [-0.05, 0) is 19.4 Å². The molecule has 0 unspecified atom stereocenters. The van der Waals surface area contributed by atoms with Crippen molar-refractivity contribution >= 4 is 16.9 Å². The molecule has 0 aliphatic carbocycles. The van der Waals surface area contributed by atoms with Gasteiger partial charge in [-0.1, -0.05) is 37.4 Å². The maximum absolute atomic E-state index is 10.6. The van der Waals surface area contributed by atoms with Gasteiger partial charge in [0.2, 0.25) is 0 Å². The molecule has 3 heteroatoms. The van der Waals surface area contributed by atoms with E-state index in [1.165, 1.54) is 43.9 Å². The van der Waals surface area contributed by atoms with Crippen LogP contribution in [-0.4, -0.2) is 17.4 Å². The number of thioether (sulfide) groups is 1. The van der Waals surface area contributed by atoms with Crippen LogP contribution in [0, 0.1) is 0 Å². The van der Waals surface area contributed by atoms with Crippen LogP contribution < -0.4 is 5.73 Å². The first-order valence-corrected chi connectivity index (χ1v) is 6.09. The van der Waals surface area contributed by atoms with Crippen molar-refractivity contribution in [1.82, 2.24) is 0 Å². The van der Waals surface area contributed by atoms with Gasteiger partial charge in [-0.2, -0.15) is 0 Å². The third kappa shape index (κ3) is 12.0. The average molecular weight is 203 g/mol. The average Bonchev–Trinajstić information content (AvgIpc) is 2.09. The zero-order chi connectivity index (χ0) is 9.94. The smallest absolute Gasteiger partial charge is 0.185 e. The van der Waals surface area contributed by atoms with E-state index < -0.39 is 0 Å². The van der Waals surface area contributed by atoms with Crippen LogP contribution in [0.2, 0.25) is 0 Å². The molecule has 0 aromatic heterocycles. The van der Waals surface area contributed by atoms with Crippen LogP contribution in [0.4, 0.5) is 0 Å². The summed E-state index contributed by atoms with van der Waals surface area (Å²) in [7, 11) is 0. The van der Waals surface area contributed by atoms with Crippen molar-refractivity contribution in [3.05, 3.63) is 0 Å². The van der Waals surface area contributed by atoms with Crippen molar-refractivity contribution in [1.29, 1.82) is 0 Å². The van der Waals surface area contributed by atoms with Crippen LogP contribution in [0.1, 0.15) is 45.4 Å². The molecule has 2 N–H and O–H groups in total. The Hall–Kier alpha value is -0.0200. The van der Waals surface area contributed by atoms with Crippen molar-refractivity contribution in [3.8, 4) is 0 Å². The number of carbonyl (C=O) groups excluding carboxylic acids is 1. The fourth-order valence-corrected chi connectivity index (χ4v) is 1.81. The maximum Gasteiger partial charge on any atom is 0.185 e. The number of rotatable bonds is 8. The van der Waals surface area contributed by atoms with Crippen molar-refractivity contribution < 1.29 is 4.79 Å². The Labute approximate surface area is 85.6 Å². The fraction of sp³-hybridized carbons (Fsp3) is 0.900. The van der Waals surface area contributed by atoms with Gasteiger partial charge in [0.25, 0.3) is 0 Å². The fourth-order valence-electron chi connectivity index (χ4n) is 1.17. The SMILES string of the molecule is CC(=O)SCCCCCCCCN. The molecule has 0 heterocycles. The highest BCUT2D eigenvalue weighted by Gasteiger charge is 1.94. The minimum absolute atomic E-state index is 0.239. The van der Waals surface area contributed by atoms with Crippen molar-refractivity contribution in [2.75, 3.05) is 12.3 Å². The summed E-state index contributed by atoms with van der Waals surface area (Å²) in [6.45, 7) is 2.45. The first-order chi connectivity index (χ1) is 6.27. The Morgan fingerprint density at radius 1 is 1.08 bits per heavy atom. The molecule has 0 aliphatic heterocycles. The van der Waals surface area contributed by atoms with Crippen LogP contribution in [-0.2, 0) is 4.79 Å². The lowest BCUT2D eigenvalue weighted by Gasteiger charge is -1.99. The minimum atomic E-state index is 0.239. The summed E-state index contributed by atoms with van der Waals surface area (Å²) >= 11 is 1.44. The van der Waals surface area contributed by atoms with E-state index in [4.69, 9.17) is 5.73 Å². The zero-order valence-corrected chi connectivity index (χ0v) is 9.37. The van der Waals surface area contributed by atoms with Crippen LogP contribution >= 0.6 is 11.8 Å². The molecular formula is C10H21NOS. The van der Waals surface area contributed by atoms with Gasteiger partial charge >= 0.3 is 0 Å². The molecule has 0 aromatic carbocycles. The van der Waals surface area contributed by atoms with E-state index in [2.05, 4.69) is 0 Å². The number of hydrogen-bond donors (Lipinski definition) is 1. The minimum Gasteiger partial charge on any atom is -0.330 e. The van der Waals surface area contributed by atoms with E-state index >= 15 is 0 Å². The topological polar surface area (TPSA) is 43.1 Å². The molecule has 0 fully saturated rings. The lowest BCUT2D eigenvalue weighted by atomic mass is 10.1. The van der Waals surface area contributed by atoms with Gasteiger partial charge in [-0.3, -0.25) is 4.79 Å². The first kappa shape index (κ1) is 13.0. The quantitative estimate of drug-likeness (QED) is 0.617. The number of unbranched alkanes of at least 4 members (excludes halogenated alkanes) is 5. The maximum atomic E-state index is 10.6. The molecular weight excluding hydrogens is 182 g/mol. The van der Waals surface area contributed by atoms with Gasteiger partial charge in [-0.25, -0.2) is 0 Å². The second-order valence-electron chi connectivity index (χ2n) is 3.25. The second kappa shape index (κ2) is 10.1. The predicted molar refractivity (Wildman–Crippen MR) is 59.9 cm³/mol. The van der Waals surface area contributed by atoms with E-state index in [0.717, 1.165) is 18.7 Å². The van der Waals surface area contributed by atoms with Gasteiger partial charge in [0.05, 0.1) is 0 Å². The summed E-state index contributed by atoms with van der Waals surface area (Å²) < 4.78 is 0. The van der Waals surface area contributed by atoms with Gasteiger partial charge in [0, 0.05) is 12.7 Å². The highest BCUT2D eigenvalue weighted by atomic mass is 32.2. The van der Waals surface area contributed by atoms with Crippen molar-refractivity contribution in [2.45, 2.75) is 45.4 Å². The summed E-state index contributed by atoms with van der Waals surface area (Å²) in [6, 6.07) is 0. The lowest BCUT2D eigenvalue weighted by molar-refractivity contribution is -0.109. The van der Waals surface area contributed by atoms with Crippen LogP contribution in [0.15, 0.2) is 0 Å². The molecule has 0 saturated carbocycles. The highest BCUT2D eigenvalue weighted by molar-refractivity contribution is 8.13. The molecule has 0 amide bonds. The summed E-state index contributed by atoms with van der Waals surface area (Å²) in [6.07, 6.45) is 7.43. The molecule has 78 valence electrons. The number of nitrogens with two attached hydrogens (primary N) is 1. The predicted octanol–water partition coefficient (Wildman–Crippen LogP) is 2.57. The first-order valence-electron chi connectivity index (χ1n) is 5.11. The third-order valence-corrected chi connectivity index (χ3v) is 2.80. The summed E-state index contributed by atoms with van der Waals surface area (Å²) in [4.78, 5) is 10.6. The summed E-state index contributed by atoms with van der Waals surface area (Å²) in [5, 5.41) is 0.239. The van der Waals surface area contributed by atoms with Gasteiger partial charge in [-0.15, -0.1) is 0 Å². The standard InChI is InChI=1S/C10H21NOS/c1-10(12)13-9-7-5-3-2-4-6-8-11/h2-9,11H2,1H3. The normalized spacial score (nSPS) is 10.3. The van der Waals surface area contributed by atoms with Gasteiger partial charge in [0.15, 0.2) is 5.12 Å². The molecule has 0 rings (SSSR count). The lowest BCUT2D eigenvalue weighted by Crippen LogP contribution is -1.97. The van der Waals surface area contributed by atoms with Gasteiger partial charge < -0.3 is 5.73 Å². The van der Waals surface area contributed by atoms with Crippen LogP contribution in [0.25, 0.3) is 0 Å². The Kier molecular flexibility index (Phi) is 10.0. The Morgan fingerprint density at radius 2 is 1.62 bits per heavy atom. The largest absolute Gasteiger partial charge is 0.330 e. The Bertz CT molecular complexity index is 128. The molecule has 0 saturated heterocycles. The molecule has 0 bridgehead atoms. The van der Waals surface area contributed by atoms with Crippen molar-refractivity contribution in [3.63, 3.8) is 0 Å². The van der Waals surface area contributed by atoms with Gasteiger partial charge in [0.1, 0.15) is 0 Å². The molecule has 0 atom stereocenters. The van der Waals surface area contributed by atoms with Crippen molar-refractivity contribution in [2.24, 2.45) is 5.73 Å². The highest BCUT2D eigenvalue weighted by Crippen LogP contribution is 2.09. The van der Waals surface area contributed by atoms with E-state index in [9.17, 15) is 4.79 Å². The monoisotopic (exact) mass is 203 g/mol. The third-order valence-electron chi connectivity index (χ3n) is 1.90. The van der Waals surface area contributed by atoms with Crippen LogP contribution in [0.5, 0.6) is 0 Å². The molecule has 2 nitrogen and oxygen atoms in total. The number of hydrogen-bond acceptors (Lipinski definition) is 3. The molecule has 0 radical (unpaired) electrons. The summed E-state index contributed by atoms with van der Waals surface area (Å²) in [5.41, 5.74) is 5.38. The van der Waals surface area contributed by atoms with E-state index in [1.54, 1.807) is 6.92 Å². The van der Waals surface area contributed by atoms with E-state index in [-0.39, 0.29) is 5.12 Å². The number of carbonyl (C=O) groups is 1. The molecule has 0 spiro atoms. The second-order valence-corrected chi connectivity index (χ2v) is 4.52. The Morgan fingerprint density at radius 3 is 2.15 bits per heavy atom. The summed E-state index contributed by atoms with van der Waals surface area (Å²) in [5.74, 6) is 0.992.